The molecule has 8 nitrogen and oxygen atoms in total. The third-order valence-corrected chi connectivity index (χ3v) is 8.83. The molecular weight excluding hydrogens is 508 g/mol. The Morgan fingerprint density at radius 1 is 1.15 bits per heavy atom. The highest BCUT2D eigenvalue weighted by molar-refractivity contribution is 7.89. The van der Waals surface area contributed by atoms with Crippen molar-refractivity contribution in [2.45, 2.75) is 37.1 Å². The molecular formula is C30H32N6O2S. The zero-order chi connectivity index (χ0) is 27.2. The molecule has 0 saturated carbocycles. The van der Waals surface area contributed by atoms with Crippen LogP contribution in [0.4, 0.5) is 11.4 Å². The molecule has 0 amide bonds. The summed E-state index contributed by atoms with van der Waals surface area (Å²) in [5.41, 5.74) is 5.10. The third kappa shape index (κ3) is 6.04. The van der Waals surface area contributed by atoms with Crippen molar-refractivity contribution in [2.24, 2.45) is 5.92 Å². The van der Waals surface area contributed by atoms with Crippen molar-refractivity contribution in [3.8, 4) is 6.07 Å². The van der Waals surface area contributed by atoms with Gasteiger partial charge in [-0.2, -0.15) is 5.26 Å². The van der Waals surface area contributed by atoms with Gasteiger partial charge in [-0.3, -0.25) is 4.98 Å². The van der Waals surface area contributed by atoms with Crippen molar-refractivity contribution in [3.63, 3.8) is 0 Å². The lowest BCUT2D eigenvalue weighted by Crippen LogP contribution is -2.49. The van der Waals surface area contributed by atoms with E-state index in [0.29, 0.717) is 5.56 Å². The van der Waals surface area contributed by atoms with Gasteiger partial charge in [0.2, 0.25) is 10.0 Å². The molecule has 2 atom stereocenters. The molecule has 39 heavy (non-hydrogen) atoms. The highest BCUT2D eigenvalue weighted by atomic mass is 32.2. The average Bonchev–Trinajstić information content (AvgIpc) is 3.44. The van der Waals surface area contributed by atoms with Crippen LogP contribution in [0.3, 0.4) is 0 Å². The van der Waals surface area contributed by atoms with Crippen molar-refractivity contribution in [1.82, 2.24) is 20.0 Å². The predicted molar refractivity (Wildman–Crippen MR) is 155 cm³/mol. The summed E-state index contributed by atoms with van der Waals surface area (Å²) in [6, 6.07) is 16.7. The number of piperidine rings is 1. The number of aromatic nitrogens is 2. The van der Waals surface area contributed by atoms with Crippen LogP contribution in [0.15, 0.2) is 78.1 Å². The zero-order valence-electron chi connectivity index (χ0n) is 21.8. The molecule has 3 heterocycles. The van der Waals surface area contributed by atoms with E-state index in [0.717, 1.165) is 65.8 Å². The molecule has 0 bridgehead atoms. The molecule has 0 radical (unpaired) electrons. The van der Waals surface area contributed by atoms with Gasteiger partial charge >= 0.3 is 0 Å². The van der Waals surface area contributed by atoms with Crippen molar-refractivity contribution in [2.75, 3.05) is 18.4 Å². The van der Waals surface area contributed by atoms with Crippen LogP contribution in [0.25, 0.3) is 17.0 Å². The van der Waals surface area contributed by atoms with Gasteiger partial charge in [0.05, 0.1) is 16.1 Å². The minimum absolute atomic E-state index is 0.128. The van der Waals surface area contributed by atoms with E-state index < -0.39 is 10.0 Å². The summed E-state index contributed by atoms with van der Waals surface area (Å²) >= 11 is 0. The van der Waals surface area contributed by atoms with Crippen LogP contribution in [0.2, 0.25) is 0 Å². The fourth-order valence-corrected chi connectivity index (χ4v) is 6.51. The van der Waals surface area contributed by atoms with E-state index in [1.807, 2.05) is 36.5 Å². The van der Waals surface area contributed by atoms with E-state index in [4.69, 9.17) is 0 Å². The number of hydrogen-bond donors (Lipinski definition) is 4. The highest BCUT2D eigenvalue weighted by Gasteiger charge is 2.28. The summed E-state index contributed by atoms with van der Waals surface area (Å²) in [4.78, 5) is 7.78. The third-order valence-electron chi connectivity index (χ3n) is 7.33. The summed E-state index contributed by atoms with van der Waals surface area (Å²) in [5.74, 6) is 0.166. The standard InChI is InChI=1S/C30H32N6O2S/c1-21-26-13-16-34-29(26)12-11-27(21)35-30-23(19-33-20-24(30)17-31)8-6-5-7-22-18-32-15-14-28(22)36-39(37,38)25-9-3-2-4-10-25/h2-4,6,8-13,16,19-20,22,28,32,34,36H,5,7,14-15,18H2,1H3,(H,33,35). The van der Waals surface area contributed by atoms with E-state index in [9.17, 15) is 13.7 Å². The second-order valence-corrected chi connectivity index (χ2v) is 11.6. The summed E-state index contributed by atoms with van der Waals surface area (Å²) in [7, 11) is -3.57. The van der Waals surface area contributed by atoms with Gasteiger partial charge in [-0.25, -0.2) is 13.1 Å². The van der Waals surface area contributed by atoms with Gasteiger partial charge in [0.1, 0.15) is 6.07 Å². The number of allylic oxidation sites excluding steroid dienone is 1. The SMILES string of the molecule is Cc1c(Nc2c(C#N)cncc2C=CCCC2CNCCC2NS(=O)(=O)c2ccccc2)ccc2[nH]ccc12. The van der Waals surface area contributed by atoms with Gasteiger partial charge < -0.3 is 15.6 Å². The van der Waals surface area contributed by atoms with Gasteiger partial charge in [0, 0.05) is 46.8 Å². The number of aryl methyl sites for hydroxylation is 1. The first kappa shape index (κ1) is 26.6. The van der Waals surface area contributed by atoms with Crippen molar-refractivity contribution in [1.29, 1.82) is 5.26 Å². The van der Waals surface area contributed by atoms with E-state index >= 15 is 0 Å². The highest BCUT2D eigenvalue weighted by Crippen LogP contribution is 2.31. The van der Waals surface area contributed by atoms with Crippen molar-refractivity contribution in [3.05, 3.63) is 89.9 Å². The minimum atomic E-state index is -3.57. The molecule has 0 aliphatic carbocycles. The number of benzene rings is 2. The molecule has 0 spiro atoms. The smallest absolute Gasteiger partial charge is 0.240 e. The van der Waals surface area contributed by atoms with Crippen LogP contribution in [0.5, 0.6) is 0 Å². The number of fused-ring (bicyclic) bond motifs is 1. The fraction of sp³-hybridized carbons (Fsp3) is 0.267. The lowest BCUT2D eigenvalue weighted by molar-refractivity contribution is 0.293. The topological polar surface area (TPSA) is 123 Å². The monoisotopic (exact) mass is 540 g/mol. The van der Waals surface area contributed by atoms with Gasteiger partial charge in [-0.1, -0.05) is 30.4 Å². The van der Waals surface area contributed by atoms with Gasteiger partial charge in [-0.15, -0.1) is 0 Å². The Kier molecular flexibility index (Phi) is 8.07. The molecule has 4 aromatic rings. The first-order valence-electron chi connectivity index (χ1n) is 13.1. The zero-order valence-corrected chi connectivity index (χ0v) is 22.6. The van der Waals surface area contributed by atoms with Gasteiger partial charge in [-0.05, 0) is 81.1 Å². The first-order valence-corrected chi connectivity index (χ1v) is 14.6. The molecule has 1 aliphatic heterocycles. The van der Waals surface area contributed by atoms with E-state index in [1.54, 1.807) is 36.7 Å². The number of anilines is 2. The van der Waals surface area contributed by atoms with Crippen LogP contribution < -0.4 is 15.4 Å². The average molecular weight is 541 g/mol. The molecule has 1 fully saturated rings. The maximum atomic E-state index is 12.9. The van der Waals surface area contributed by atoms with Gasteiger partial charge in [0.25, 0.3) is 0 Å². The van der Waals surface area contributed by atoms with Crippen LogP contribution in [0.1, 0.15) is 36.0 Å². The van der Waals surface area contributed by atoms with Crippen molar-refractivity contribution >= 4 is 38.4 Å². The Bertz CT molecular complexity index is 1620. The van der Waals surface area contributed by atoms with E-state index in [2.05, 4.69) is 44.4 Å². The number of pyridine rings is 1. The molecule has 9 heteroatoms. The quantitative estimate of drug-likeness (QED) is 0.230. The molecule has 4 N–H and O–H groups in total. The molecule has 2 aromatic heterocycles. The Hall–Kier alpha value is -3.97. The number of H-pyrrole nitrogens is 1. The van der Waals surface area contributed by atoms with Crippen LogP contribution in [-0.4, -0.2) is 37.5 Å². The number of hydrogen-bond acceptors (Lipinski definition) is 6. The lowest BCUT2D eigenvalue weighted by Gasteiger charge is -2.32. The largest absolute Gasteiger partial charge is 0.361 e. The molecule has 2 aromatic carbocycles. The lowest BCUT2D eigenvalue weighted by atomic mass is 9.90. The fourth-order valence-electron chi connectivity index (χ4n) is 5.15. The Morgan fingerprint density at radius 3 is 2.82 bits per heavy atom. The summed E-state index contributed by atoms with van der Waals surface area (Å²) in [5, 5.41) is 17.7. The number of aromatic amines is 1. The second-order valence-electron chi connectivity index (χ2n) is 9.84. The Labute approximate surface area is 229 Å². The number of nitrogens with one attached hydrogen (secondary N) is 4. The summed E-state index contributed by atoms with van der Waals surface area (Å²) in [6.45, 7) is 3.60. The predicted octanol–water partition coefficient (Wildman–Crippen LogP) is 5.24. The Morgan fingerprint density at radius 2 is 2.00 bits per heavy atom. The second kappa shape index (κ2) is 11.8. The number of sulfonamides is 1. The van der Waals surface area contributed by atoms with Gasteiger partial charge in [0.15, 0.2) is 0 Å². The number of nitriles is 1. The normalized spacial score (nSPS) is 17.8. The van der Waals surface area contributed by atoms with Crippen molar-refractivity contribution < 1.29 is 8.42 Å². The first-order chi connectivity index (χ1) is 19.0. The van der Waals surface area contributed by atoms with Crippen LogP contribution >= 0.6 is 0 Å². The number of nitrogens with zero attached hydrogens (tertiary/aromatic N) is 2. The molecule has 1 saturated heterocycles. The maximum Gasteiger partial charge on any atom is 0.240 e. The molecule has 2 unspecified atom stereocenters. The molecule has 200 valence electrons. The van der Waals surface area contributed by atoms with E-state index in [-0.39, 0.29) is 16.9 Å². The minimum Gasteiger partial charge on any atom is -0.361 e. The van der Waals surface area contributed by atoms with Crippen LogP contribution in [0, 0.1) is 24.2 Å². The maximum absolute atomic E-state index is 12.9. The molecule has 5 rings (SSSR count). The summed E-state index contributed by atoms with van der Waals surface area (Å²) in [6.07, 6.45) is 11.6. The summed E-state index contributed by atoms with van der Waals surface area (Å²) < 4.78 is 28.7. The number of rotatable bonds is 9. The van der Waals surface area contributed by atoms with E-state index in [1.165, 1.54) is 0 Å². The molecule has 1 aliphatic rings. The van der Waals surface area contributed by atoms with Crippen LogP contribution in [-0.2, 0) is 10.0 Å². The Balaban J connectivity index is 1.28.